The van der Waals surface area contributed by atoms with Gasteiger partial charge in [-0.05, 0) is 26.3 Å². The fourth-order valence-corrected chi connectivity index (χ4v) is 3.24. The zero-order valence-corrected chi connectivity index (χ0v) is 18.2. The molecule has 0 saturated heterocycles. The Hall–Kier alpha value is -3.73. The molecule has 0 bridgehead atoms. The van der Waals surface area contributed by atoms with Gasteiger partial charge < -0.3 is 24.7 Å². The van der Waals surface area contributed by atoms with Crippen molar-refractivity contribution in [2.45, 2.75) is 32.8 Å². The Morgan fingerprint density at radius 2 is 2.00 bits per heavy atom. The predicted molar refractivity (Wildman–Crippen MR) is 113 cm³/mol. The summed E-state index contributed by atoms with van der Waals surface area (Å²) >= 11 is 0. The molecule has 0 amide bonds. The highest BCUT2D eigenvalue weighted by Crippen LogP contribution is 2.40. The Balaban J connectivity index is 2.72. The molecule has 2 rings (SSSR count). The number of nitro benzene ring substituents is 1. The number of carbonyl (C=O) groups excluding carboxylic acids is 2. The maximum absolute atomic E-state index is 13.0. The van der Waals surface area contributed by atoms with Crippen molar-refractivity contribution >= 4 is 23.8 Å². The van der Waals surface area contributed by atoms with E-state index >= 15 is 0 Å². The molecule has 1 aromatic rings. The van der Waals surface area contributed by atoms with Crippen molar-refractivity contribution in [2.75, 3.05) is 20.3 Å². The highest BCUT2D eigenvalue weighted by molar-refractivity contribution is 6.04. The summed E-state index contributed by atoms with van der Waals surface area (Å²) in [5.74, 6) is -2.60. The Bertz CT molecular complexity index is 981. The van der Waals surface area contributed by atoms with Gasteiger partial charge in [0.15, 0.2) is 0 Å². The molecule has 1 aromatic carbocycles. The van der Waals surface area contributed by atoms with E-state index in [1.807, 2.05) is 0 Å². The van der Waals surface area contributed by atoms with E-state index in [4.69, 9.17) is 19.4 Å². The number of nitrogens with one attached hydrogen (secondary N) is 1. The molecule has 2 N–H and O–H groups in total. The summed E-state index contributed by atoms with van der Waals surface area (Å²) < 4.78 is 15.5. The molecule has 1 atom stereocenters. The number of non-ortho nitro benzene ring substituents is 1. The van der Waals surface area contributed by atoms with Gasteiger partial charge in [0.25, 0.3) is 5.69 Å². The van der Waals surface area contributed by atoms with Gasteiger partial charge in [-0.15, -0.1) is 0 Å². The standard InChI is InChI=1S/C21H25N3O8/c1-12(2)32-21(26)17-13(3)23-16(11-22-27)19(20(25)31-9-8-30-4)18(17)14-6-5-7-15(10-14)24(28)29/h5-7,10-12,18,23,27H,8-9H2,1-4H3/b22-11+/t18-/m0/s1. The lowest BCUT2D eigenvalue weighted by Gasteiger charge is -2.30. The van der Waals surface area contributed by atoms with Crippen LogP contribution in [0.2, 0.25) is 0 Å². The van der Waals surface area contributed by atoms with E-state index in [1.54, 1.807) is 26.8 Å². The molecule has 0 aliphatic carbocycles. The average molecular weight is 447 g/mol. The second-order valence-corrected chi connectivity index (χ2v) is 7.10. The smallest absolute Gasteiger partial charge is 0.337 e. The second-order valence-electron chi connectivity index (χ2n) is 7.10. The fraction of sp³-hybridized carbons (Fsp3) is 0.381. The molecule has 172 valence electrons. The van der Waals surface area contributed by atoms with Crippen LogP contribution in [0.5, 0.6) is 0 Å². The molecular formula is C21H25N3O8. The highest BCUT2D eigenvalue weighted by atomic mass is 16.6. The molecule has 0 spiro atoms. The maximum atomic E-state index is 13.0. The number of nitrogens with zero attached hydrogens (tertiary/aromatic N) is 2. The van der Waals surface area contributed by atoms with Crippen molar-refractivity contribution in [2.24, 2.45) is 5.16 Å². The van der Waals surface area contributed by atoms with E-state index in [1.165, 1.54) is 25.3 Å². The van der Waals surface area contributed by atoms with Crippen LogP contribution in [0.1, 0.15) is 32.3 Å². The first-order valence-electron chi connectivity index (χ1n) is 9.72. The molecule has 0 unspecified atom stereocenters. The number of nitro groups is 1. The number of methoxy groups -OCH3 is 1. The fourth-order valence-electron chi connectivity index (χ4n) is 3.24. The number of dihydropyridines is 1. The zero-order valence-electron chi connectivity index (χ0n) is 18.2. The van der Waals surface area contributed by atoms with E-state index < -0.39 is 28.9 Å². The summed E-state index contributed by atoms with van der Waals surface area (Å²) in [5, 5.41) is 26.3. The number of carbonyl (C=O) groups is 2. The number of hydrogen-bond donors (Lipinski definition) is 2. The summed E-state index contributed by atoms with van der Waals surface area (Å²) in [6, 6.07) is 5.56. The van der Waals surface area contributed by atoms with Crippen LogP contribution in [0.25, 0.3) is 0 Å². The van der Waals surface area contributed by atoms with Crippen LogP contribution in [-0.4, -0.2) is 54.7 Å². The minimum atomic E-state index is -1.08. The summed E-state index contributed by atoms with van der Waals surface area (Å²) in [6.45, 7) is 4.99. The lowest BCUT2D eigenvalue weighted by Crippen LogP contribution is -2.34. The lowest BCUT2D eigenvalue weighted by molar-refractivity contribution is -0.384. The number of rotatable bonds is 9. The van der Waals surface area contributed by atoms with Crippen molar-refractivity contribution in [1.29, 1.82) is 0 Å². The number of esters is 2. The lowest BCUT2D eigenvalue weighted by atomic mass is 9.80. The molecule has 1 aliphatic heterocycles. The van der Waals surface area contributed by atoms with Gasteiger partial charge in [0.1, 0.15) is 6.61 Å². The van der Waals surface area contributed by atoms with Gasteiger partial charge in [0.2, 0.25) is 0 Å². The first-order chi connectivity index (χ1) is 15.2. The largest absolute Gasteiger partial charge is 0.460 e. The minimum absolute atomic E-state index is 0.0688. The minimum Gasteiger partial charge on any atom is -0.460 e. The average Bonchev–Trinajstić information content (AvgIpc) is 2.73. The summed E-state index contributed by atoms with van der Waals surface area (Å²) in [5.41, 5.74) is 0.479. The number of benzene rings is 1. The third-order valence-corrected chi connectivity index (χ3v) is 4.50. The first-order valence-corrected chi connectivity index (χ1v) is 9.72. The molecule has 1 aliphatic rings. The van der Waals surface area contributed by atoms with Gasteiger partial charge in [0.05, 0.1) is 46.6 Å². The normalized spacial score (nSPS) is 16.3. The van der Waals surface area contributed by atoms with Gasteiger partial charge in [0, 0.05) is 24.9 Å². The molecule has 11 nitrogen and oxygen atoms in total. The molecule has 0 radical (unpaired) electrons. The second kappa shape index (κ2) is 11.0. The monoisotopic (exact) mass is 447 g/mol. The van der Waals surface area contributed by atoms with Crippen molar-refractivity contribution in [3.63, 3.8) is 0 Å². The van der Waals surface area contributed by atoms with Gasteiger partial charge in [-0.3, -0.25) is 10.1 Å². The van der Waals surface area contributed by atoms with Gasteiger partial charge in [-0.1, -0.05) is 17.3 Å². The SMILES string of the molecule is COCCOC(=O)C1=C(/C=N/O)NC(C)=C(C(=O)OC(C)C)[C@@H]1c1cccc([N+](=O)[O-])c1. The van der Waals surface area contributed by atoms with Crippen molar-refractivity contribution < 1.29 is 33.9 Å². The van der Waals surface area contributed by atoms with Crippen molar-refractivity contribution in [3.05, 3.63) is 62.5 Å². The van der Waals surface area contributed by atoms with E-state index in [0.29, 0.717) is 11.3 Å². The first kappa shape index (κ1) is 24.5. The van der Waals surface area contributed by atoms with Crippen LogP contribution in [0.3, 0.4) is 0 Å². The van der Waals surface area contributed by atoms with Crippen LogP contribution in [0, 0.1) is 10.1 Å². The molecule has 11 heteroatoms. The Morgan fingerprint density at radius 1 is 1.28 bits per heavy atom. The topological polar surface area (TPSA) is 150 Å². The van der Waals surface area contributed by atoms with Crippen LogP contribution in [0.15, 0.2) is 52.0 Å². The van der Waals surface area contributed by atoms with Crippen molar-refractivity contribution in [1.82, 2.24) is 5.32 Å². The molecule has 0 fully saturated rings. The van der Waals surface area contributed by atoms with Crippen molar-refractivity contribution in [3.8, 4) is 0 Å². The summed E-state index contributed by atoms with van der Waals surface area (Å²) in [4.78, 5) is 36.8. The van der Waals surface area contributed by atoms with Gasteiger partial charge in [-0.2, -0.15) is 0 Å². The zero-order chi connectivity index (χ0) is 23.8. The predicted octanol–water partition coefficient (Wildman–Crippen LogP) is 2.41. The molecule has 32 heavy (non-hydrogen) atoms. The molecule has 1 heterocycles. The van der Waals surface area contributed by atoms with E-state index in [2.05, 4.69) is 10.5 Å². The molecule has 0 aromatic heterocycles. The van der Waals surface area contributed by atoms with E-state index in [-0.39, 0.29) is 35.7 Å². The highest BCUT2D eigenvalue weighted by Gasteiger charge is 2.39. The Labute approximate surface area is 184 Å². The molecular weight excluding hydrogens is 422 g/mol. The van der Waals surface area contributed by atoms with Crippen LogP contribution >= 0.6 is 0 Å². The van der Waals surface area contributed by atoms with Gasteiger partial charge >= 0.3 is 11.9 Å². The van der Waals surface area contributed by atoms with E-state index in [9.17, 15) is 19.7 Å². The third-order valence-electron chi connectivity index (χ3n) is 4.50. The Kier molecular flexibility index (Phi) is 8.47. The summed E-state index contributed by atoms with van der Waals surface area (Å²) in [6.07, 6.45) is 0.542. The van der Waals surface area contributed by atoms with Crippen LogP contribution in [0.4, 0.5) is 5.69 Å². The number of oxime groups is 1. The third kappa shape index (κ3) is 5.70. The quantitative estimate of drug-likeness (QED) is 0.145. The number of allylic oxidation sites excluding steroid dienone is 2. The number of hydrogen-bond acceptors (Lipinski definition) is 10. The van der Waals surface area contributed by atoms with Gasteiger partial charge in [-0.25, -0.2) is 9.59 Å². The van der Waals surface area contributed by atoms with Crippen LogP contribution in [-0.2, 0) is 23.8 Å². The number of ether oxygens (including phenoxy) is 3. The van der Waals surface area contributed by atoms with Crippen LogP contribution < -0.4 is 5.32 Å². The maximum Gasteiger partial charge on any atom is 0.337 e. The van der Waals surface area contributed by atoms with E-state index in [0.717, 1.165) is 6.21 Å². The molecule has 0 saturated carbocycles. The summed E-state index contributed by atoms with van der Waals surface area (Å²) in [7, 11) is 1.44. The Morgan fingerprint density at radius 3 is 2.59 bits per heavy atom.